The predicted molar refractivity (Wildman–Crippen MR) is 57.1 cm³/mol. The molecular weight excluding hydrogens is 190 g/mol. The minimum absolute atomic E-state index is 0.0256. The van der Waals surface area contributed by atoms with E-state index in [0.717, 1.165) is 31.6 Å². The van der Waals surface area contributed by atoms with Gasteiger partial charge in [-0.2, -0.15) is 0 Å². The van der Waals surface area contributed by atoms with Crippen molar-refractivity contribution in [3.05, 3.63) is 0 Å². The Morgan fingerprint density at radius 2 is 2.17 bits per heavy atom. The molecule has 72 valence electrons. The van der Waals surface area contributed by atoms with Crippen molar-refractivity contribution in [3.8, 4) is 0 Å². The third kappa shape index (κ3) is 4.50. The molecule has 1 saturated heterocycles. The molecule has 0 aromatic carbocycles. The van der Waals surface area contributed by atoms with E-state index in [2.05, 4.69) is 5.32 Å². The largest absolute Gasteiger partial charge is 0.370 e. The smallest absolute Gasteiger partial charge is 0.0963 e. The van der Waals surface area contributed by atoms with Crippen molar-refractivity contribution in [1.29, 1.82) is 0 Å². The predicted octanol–water partition coefficient (Wildman–Crippen LogP) is 0.670. The molecule has 1 rings (SSSR count). The third-order valence-electron chi connectivity index (χ3n) is 2.06. The van der Waals surface area contributed by atoms with Gasteiger partial charge in [-0.05, 0) is 49.3 Å². The van der Waals surface area contributed by atoms with Gasteiger partial charge in [-0.1, -0.05) is 9.45 Å². The first-order valence-corrected chi connectivity index (χ1v) is 7.10. The molecular formula is C8H17NOS2. The Morgan fingerprint density at radius 1 is 1.50 bits per heavy atom. The molecule has 1 aliphatic rings. The molecule has 1 atom stereocenters. The van der Waals surface area contributed by atoms with Gasteiger partial charge < -0.3 is 10.1 Å². The normalized spacial score (nSPS) is 22.4. The summed E-state index contributed by atoms with van der Waals surface area (Å²) in [5.41, 5.74) is 0. The van der Waals surface area contributed by atoms with Crippen LogP contribution in [0.5, 0.6) is 0 Å². The first kappa shape index (κ1) is 10.6. The number of piperidine rings is 1. The molecule has 0 radical (unpaired) electrons. The number of ether oxygens (including phenoxy) is 1. The van der Waals surface area contributed by atoms with Crippen LogP contribution in [0.1, 0.15) is 12.8 Å². The lowest BCUT2D eigenvalue weighted by atomic mass is 10.00. The molecule has 1 N–H and O–H groups in total. The van der Waals surface area contributed by atoms with Gasteiger partial charge in [0.1, 0.15) is 0 Å². The Morgan fingerprint density at radius 3 is 2.75 bits per heavy atom. The highest BCUT2D eigenvalue weighted by atomic mass is 32.8. The van der Waals surface area contributed by atoms with Gasteiger partial charge in [0.05, 0.1) is 12.5 Å². The Balaban J connectivity index is 2.01. The van der Waals surface area contributed by atoms with Crippen LogP contribution in [0.15, 0.2) is 0 Å². The SMILES string of the molecule is CS(=S)COCC1CCNCC1. The fraction of sp³-hybridized carbons (Fsp3) is 1.00. The summed E-state index contributed by atoms with van der Waals surface area (Å²) in [6.45, 7) is 3.22. The number of nitrogens with one attached hydrogen (secondary N) is 1. The minimum Gasteiger partial charge on any atom is -0.370 e. The van der Waals surface area contributed by atoms with Crippen molar-refractivity contribution in [2.45, 2.75) is 12.8 Å². The van der Waals surface area contributed by atoms with Crippen molar-refractivity contribution in [2.75, 3.05) is 31.9 Å². The second kappa shape index (κ2) is 6.02. The lowest BCUT2D eigenvalue weighted by molar-refractivity contribution is 0.123. The quantitative estimate of drug-likeness (QED) is 0.732. The van der Waals surface area contributed by atoms with Gasteiger partial charge in [0.2, 0.25) is 0 Å². The topological polar surface area (TPSA) is 21.3 Å². The molecule has 0 bridgehead atoms. The Hall–Kier alpha value is 0.490. The van der Waals surface area contributed by atoms with Crippen LogP contribution in [0.25, 0.3) is 0 Å². The summed E-state index contributed by atoms with van der Waals surface area (Å²) < 4.78 is 5.51. The third-order valence-corrected chi connectivity index (χ3v) is 2.85. The average Bonchev–Trinajstić information content (AvgIpc) is 2.05. The number of hydrogen-bond acceptors (Lipinski definition) is 3. The molecule has 0 spiro atoms. The molecule has 0 aliphatic carbocycles. The van der Waals surface area contributed by atoms with Gasteiger partial charge in [0.25, 0.3) is 0 Å². The molecule has 1 heterocycles. The molecule has 0 saturated carbocycles. The van der Waals surface area contributed by atoms with Gasteiger partial charge in [0, 0.05) is 0 Å². The average molecular weight is 207 g/mol. The molecule has 0 aromatic rings. The van der Waals surface area contributed by atoms with Crippen molar-refractivity contribution in [3.63, 3.8) is 0 Å². The maximum absolute atomic E-state index is 5.51. The summed E-state index contributed by atoms with van der Waals surface area (Å²) in [6, 6.07) is 0. The standard InChI is InChI=1S/C8H17NOS2/c1-12(11)7-10-6-8-2-4-9-5-3-8/h8-9H,2-7H2,1H3. The van der Waals surface area contributed by atoms with E-state index in [1.165, 1.54) is 12.8 Å². The van der Waals surface area contributed by atoms with E-state index >= 15 is 0 Å². The molecule has 1 aliphatic heterocycles. The van der Waals surface area contributed by atoms with Crippen LogP contribution in [-0.4, -0.2) is 31.9 Å². The van der Waals surface area contributed by atoms with E-state index in [1.807, 2.05) is 6.26 Å². The first-order valence-electron chi connectivity index (χ1n) is 4.37. The number of rotatable bonds is 4. The highest BCUT2D eigenvalue weighted by molar-refractivity contribution is 8.28. The zero-order valence-corrected chi connectivity index (χ0v) is 9.18. The fourth-order valence-electron chi connectivity index (χ4n) is 1.38. The lowest BCUT2D eigenvalue weighted by Crippen LogP contribution is -2.30. The molecule has 12 heavy (non-hydrogen) atoms. The van der Waals surface area contributed by atoms with Gasteiger partial charge in [-0.25, -0.2) is 0 Å². The van der Waals surface area contributed by atoms with E-state index < -0.39 is 0 Å². The second-order valence-electron chi connectivity index (χ2n) is 3.26. The fourth-order valence-corrected chi connectivity index (χ4v) is 1.92. The van der Waals surface area contributed by atoms with E-state index in [4.69, 9.17) is 15.9 Å². The van der Waals surface area contributed by atoms with Crippen molar-refractivity contribution in [1.82, 2.24) is 5.32 Å². The van der Waals surface area contributed by atoms with Crippen LogP contribution in [0.3, 0.4) is 0 Å². The van der Waals surface area contributed by atoms with E-state index in [1.54, 1.807) is 0 Å². The summed E-state index contributed by atoms with van der Waals surface area (Å²) in [7, 11) is 0.0256. The molecule has 0 aromatic heterocycles. The zero-order chi connectivity index (χ0) is 8.81. The molecule has 4 heteroatoms. The van der Waals surface area contributed by atoms with Crippen LogP contribution in [-0.2, 0) is 25.4 Å². The van der Waals surface area contributed by atoms with Crippen molar-refractivity contribution in [2.24, 2.45) is 5.92 Å². The van der Waals surface area contributed by atoms with E-state index in [-0.39, 0.29) is 9.45 Å². The maximum atomic E-state index is 5.51. The zero-order valence-electron chi connectivity index (χ0n) is 7.54. The van der Waals surface area contributed by atoms with Crippen LogP contribution in [0.4, 0.5) is 0 Å². The van der Waals surface area contributed by atoms with Gasteiger partial charge in [-0.15, -0.1) is 0 Å². The minimum atomic E-state index is 0.0256. The Kier molecular flexibility index (Phi) is 5.30. The first-order chi connectivity index (χ1) is 5.79. The van der Waals surface area contributed by atoms with Crippen LogP contribution in [0.2, 0.25) is 0 Å². The lowest BCUT2D eigenvalue weighted by Gasteiger charge is -2.22. The van der Waals surface area contributed by atoms with Gasteiger partial charge in [0.15, 0.2) is 0 Å². The van der Waals surface area contributed by atoms with E-state index in [9.17, 15) is 0 Å². The Bertz CT molecular complexity index is 146. The maximum Gasteiger partial charge on any atom is 0.0963 e. The molecule has 2 nitrogen and oxygen atoms in total. The van der Waals surface area contributed by atoms with Gasteiger partial charge >= 0.3 is 0 Å². The second-order valence-corrected chi connectivity index (χ2v) is 6.34. The highest BCUT2D eigenvalue weighted by Crippen LogP contribution is 2.11. The van der Waals surface area contributed by atoms with Crippen LogP contribution in [0, 0.1) is 5.92 Å². The van der Waals surface area contributed by atoms with Gasteiger partial charge in [-0.3, -0.25) is 0 Å². The monoisotopic (exact) mass is 207 g/mol. The Labute approximate surface area is 81.7 Å². The summed E-state index contributed by atoms with van der Waals surface area (Å²) in [5.74, 6) is 1.53. The van der Waals surface area contributed by atoms with Crippen molar-refractivity contribution >= 4 is 20.6 Å². The van der Waals surface area contributed by atoms with Crippen molar-refractivity contribution < 1.29 is 4.74 Å². The molecule has 1 fully saturated rings. The summed E-state index contributed by atoms with van der Waals surface area (Å²) in [5, 5.41) is 3.34. The molecule has 1 unspecified atom stereocenters. The number of hydrogen-bond donors (Lipinski definition) is 1. The van der Waals surface area contributed by atoms with E-state index in [0.29, 0.717) is 0 Å². The summed E-state index contributed by atoms with van der Waals surface area (Å²) in [4.78, 5) is 0. The summed E-state index contributed by atoms with van der Waals surface area (Å²) in [6.07, 6.45) is 4.56. The summed E-state index contributed by atoms with van der Waals surface area (Å²) >= 11 is 5.04. The highest BCUT2D eigenvalue weighted by Gasteiger charge is 2.12. The van der Waals surface area contributed by atoms with Crippen LogP contribution < -0.4 is 5.32 Å². The molecule has 0 amide bonds. The van der Waals surface area contributed by atoms with Crippen LogP contribution >= 0.6 is 0 Å².